The van der Waals surface area contributed by atoms with Gasteiger partial charge in [-0.15, -0.1) is 0 Å². The number of anilines is 1. The molecule has 1 unspecified atom stereocenters. The highest BCUT2D eigenvalue weighted by atomic mass is 16.6. The van der Waals surface area contributed by atoms with Crippen molar-refractivity contribution in [3.63, 3.8) is 0 Å². The molecule has 2 aliphatic rings. The van der Waals surface area contributed by atoms with Gasteiger partial charge in [0.05, 0.1) is 25.9 Å². The minimum atomic E-state index is -0.944. The molecule has 3 aromatic rings. The van der Waals surface area contributed by atoms with E-state index in [0.29, 0.717) is 25.3 Å². The number of carbonyl (C=O) groups excluding carboxylic acids is 3. The lowest BCUT2D eigenvalue weighted by molar-refractivity contribution is -0.143. The minimum Gasteiger partial charge on any atom is -0.464 e. The van der Waals surface area contributed by atoms with E-state index in [2.05, 4.69) is 40.7 Å². The van der Waals surface area contributed by atoms with Crippen LogP contribution < -0.4 is 16.0 Å². The number of amides is 2. The Morgan fingerprint density at radius 2 is 1.62 bits per heavy atom. The van der Waals surface area contributed by atoms with Gasteiger partial charge in [0.2, 0.25) is 5.91 Å². The topological polar surface area (TPSA) is 137 Å². The summed E-state index contributed by atoms with van der Waals surface area (Å²) in [5.41, 5.74) is 6.36. The second-order valence-electron chi connectivity index (χ2n) is 12.6. The molecule has 3 atom stereocenters. The Kier molecular flexibility index (Phi) is 16.0. The summed E-state index contributed by atoms with van der Waals surface area (Å²) < 4.78 is 15.9. The zero-order valence-corrected chi connectivity index (χ0v) is 30.9. The average molecular weight is 723 g/mol. The number of nitrogens with one attached hydrogen (secondary N) is 3. The van der Waals surface area contributed by atoms with Crippen molar-refractivity contribution in [3.05, 3.63) is 138 Å². The van der Waals surface area contributed by atoms with E-state index in [9.17, 15) is 14.4 Å². The van der Waals surface area contributed by atoms with Crippen molar-refractivity contribution in [2.24, 2.45) is 5.16 Å². The molecule has 0 saturated carbocycles. The molecule has 5 rings (SSSR count). The Bertz CT molecular complexity index is 1710. The number of oxime groups is 1. The summed E-state index contributed by atoms with van der Waals surface area (Å²) >= 11 is 0. The Labute approximate surface area is 312 Å². The summed E-state index contributed by atoms with van der Waals surface area (Å²) in [7, 11) is 2.82. The SMILES string of the molecule is C=C1C=CC(CC)=C/C1=N/OC.COC(=O)NC(C(=O)Nc1ccccc1CC[C@@H]1CN[C@H](COC(C)=O)CO1)C(c1ccccc1)c1ccccc1. The summed E-state index contributed by atoms with van der Waals surface area (Å²) in [5, 5.41) is 13.1. The molecule has 280 valence electrons. The predicted molar refractivity (Wildman–Crippen MR) is 207 cm³/mol. The molecule has 1 fully saturated rings. The third kappa shape index (κ3) is 12.6. The molecule has 0 radical (unpaired) electrons. The van der Waals surface area contributed by atoms with Crippen molar-refractivity contribution in [2.75, 3.05) is 39.3 Å². The number of allylic oxidation sites excluding steroid dienone is 5. The quantitative estimate of drug-likeness (QED) is 0.135. The average Bonchev–Trinajstić information content (AvgIpc) is 3.18. The number of ether oxygens (including phenoxy) is 3. The Hall–Kier alpha value is -5.52. The van der Waals surface area contributed by atoms with E-state index in [4.69, 9.17) is 19.0 Å². The second-order valence-corrected chi connectivity index (χ2v) is 12.6. The number of morpholine rings is 1. The Morgan fingerprint density at radius 3 is 2.21 bits per heavy atom. The third-order valence-corrected chi connectivity index (χ3v) is 8.81. The number of benzene rings is 3. The van der Waals surface area contributed by atoms with Gasteiger partial charge in [-0.25, -0.2) is 4.79 Å². The molecule has 1 aliphatic carbocycles. The number of carbonyl (C=O) groups is 3. The van der Waals surface area contributed by atoms with Crippen molar-refractivity contribution >= 4 is 29.4 Å². The van der Waals surface area contributed by atoms with E-state index >= 15 is 0 Å². The molecule has 0 aromatic heterocycles. The van der Waals surface area contributed by atoms with Crippen LogP contribution in [0, 0.1) is 0 Å². The highest BCUT2D eigenvalue weighted by Crippen LogP contribution is 2.30. The van der Waals surface area contributed by atoms with Gasteiger partial charge in [0.15, 0.2) is 0 Å². The summed E-state index contributed by atoms with van der Waals surface area (Å²) in [6, 6.07) is 25.9. The number of nitrogens with zero attached hydrogens (tertiary/aromatic N) is 1. The van der Waals surface area contributed by atoms with E-state index in [0.717, 1.165) is 40.8 Å². The standard InChI is InChI=1S/C32H37N3O6.C10H13NO/c1-22(36)40-20-26-21-41-27(19-33-26)18-17-23-11-9-10-16-28(23)34-31(37)30(35-32(38)39-2)29(24-12-5-3-6-13-24)25-14-7-4-8-15-25;1-4-9-6-5-8(2)10(7-9)11-12-3/h3-16,26-27,29-30,33H,17-21H2,1-2H3,(H,34,37)(H,35,38);5-7H,2,4H2,1,3H3/b;11-10-/t26-,27-,30?;/m1./s1. The van der Waals surface area contributed by atoms with E-state index < -0.39 is 18.1 Å². The van der Waals surface area contributed by atoms with Crippen molar-refractivity contribution in [1.82, 2.24) is 10.6 Å². The van der Waals surface area contributed by atoms with Crippen LogP contribution in [0.3, 0.4) is 0 Å². The van der Waals surface area contributed by atoms with Crippen LogP contribution in [0.1, 0.15) is 49.3 Å². The first-order valence-electron chi connectivity index (χ1n) is 17.7. The number of esters is 1. The van der Waals surface area contributed by atoms with Gasteiger partial charge in [-0.1, -0.05) is 110 Å². The maximum atomic E-state index is 13.9. The van der Waals surface area contributed by atoms with Crippen LogP contribution in [-0.2, 0) is 35.1 Å². The second kappa shape index (κ2) is 21.1. The molecule has 11 nitrogen and oxygen atoms in total. The van der Waals surface area contributed by atoms with Gasteiger partial charge >= 0.3 is 12.1 Å². The van der Waals surface area contributed by atoms with Crippen molar-refractivity contribution < 1.29 is 33.4 Å². The fourth-order valence-corrected chi connectivity index (χ4v) is 5.96. The fourth-order valence-electron chi connectivity index (χ4n) is 5.96. The van der Waals surface area contributed by atoms with Crippen molar-refractivity contribution in [3.8, 4) is 0 Å². The lowest BCUT2D eigenvalue weighted by Crippen LogP contribution is -2.49. The first-order chi connectivity index (χ1) is 25.7. The van der Waals surface area contributed by atoms with Crippen molar-refractivity contribution in [1.29, 1.82) is 0 Å². The molecular formula is C42H50N4O7. The molecular weight excluding hydrogens is 672 g/mol. The predicted octanol–water partition coefficient (Wildman–Crippen LogP) is 6.49. The number of aryl methyl sites for hydroxylation is 1. The maximum Gasteiger partial charge on any atom is 0.407 e. The zero-order chi connectivity index (χ0) is 38.0. The number of methoxy groups -OCH3 is 1. The highest BCUT2D eigenvalue weighted by molar-refractivity contribution is 6.11. The molecule has 0 spiro atoms. The smallest absolute Gasteiger partial charge is 0.407 e. The summed E-state index contributed by atoms with van der Waals surface area (Å²) in [6.07, 6.45) is 7.71. The van der Waals surface area contributed by atoms with Crippen LogP contribution in [0.15, 0.2) is 126 Å². The molecule has 1 heterocycles. The maximum absolute atomic E-state index is 13.9. The number of hydrogen-bond acceptors (Lipinski definition) is 9. The number of hydrogen-bond donors (Lipinski definition) is 3. The van der Waals surface area contributed by atoms with E-state index in [-0.39, 0.29) is 30.6 Å². The summed E-state index contributed by atoms with van der Waals surface area (Å²) in [6.45, 7) is 8.71. The summed E-state index contributed by atoms with van der Waals surface area (Å²) in [4.78, 5) is 42.1. The fraction of sp³-hybridized carbons (Fsp3) is 0.333. The van der Waals surface area contributed by atoms with Crippen LogP contribution in [0.4, 0.5) is 10.5 Å². The highest BCUT2D eigenvalue weighted by Gasteiger charge is 2.33. The molecule has 3 N–H and O–H groups in total. The monoisotopic (exact) mass is 722 g/mol. The van der Waals surface area contributed by atoms with E-state index in [1.165, 1.54) is 26.7 Å². The van der Waals surface area contributed by atoms with Gasteiger partial charge in [0.25, 0.3) is 0 Å². The lowest BCUT2D eigenvalue weighted by Gasteiger charge is -2.30. The third-order valence-electron chi connectivity index (χ3n) is 8.81. The molecule has 2 amide bonds. The van der Waals surface area contributed by atoms with Gasteiger partial charge < -0.3 is 35.0 Å². The van der Waals surface area contributed by atoms with Crippen LogP contribution in [0.25, 0.3) is 0 Å². The van der Waals surface area contributed by atoms with Crippen LogP contribution in [0.2, 0.25) is 0 Å². The molecule has 1 aliphatic heterocycles. The Balaban J connectivity index is 0.000000443. The van der Waals surface area contributed by atoms with Gasteiger partial charge in [-0.3, -0.25) is 9.59 Å². The van der Waals surface area contributed by atoms with E-state index in [1.54, 1.807) is 0 Å². The largest absolute Gasteiger partial charge is 0.464 e. The van der Waals surface area contributed by atoms with Gasteiger partial charge in [-0.2, -0.15) is 0 Å². The molecule has 0 bridgehead atoms. The minimum absolute atomic E-state index is 0.0124. The molecule has 1 saturated heterocycles. The number of alkyl carbamates (subject to hydrolysis) is 1. The number of rotatable bonds is 13. The van der Waals surface area contributed by atoms with Gasteiger partial charge in [0, 0.05) is 25.1 Å². The first kappa shape index (κ1) is 40.3. The molecule has 3 aromatic carbocycles. The molecule has 53 heavy (non-hydrogen) atoms. The van der Waals surface area contributed by atoms with Crippen LogP contribution in [-0.4, -0.2) is 75.8 Å². The lowest BCUT2D eigenvalue weighted by atomic mass is 9.84. The van der Waals surface area contributed by atoms with Crippen LogP contribution in [0.5, 0.6) is 0 Å². The zero-order valence-electron chi connectivity index (χ0n) is 30.9. The normalized spacial score (nSPS) is 17.9. The number of para-hydroxylation sites is 1. The Morgan fingerprint density at radius 1 is 0.962 bits per heavy atom. The van der Waals surface area contributed by atoms with Crippen LogP contribution >= 0.6 is 0 Å². The van der Waals surface area contributed by atoms with Gasteiger partial charge in [0.1, 0.15) is 25.5 Å². The summed E-state index contributed by atoms with van der Waals surface area (Å²) in [5.74, 6) is -1.12. The molecule has 11 heteroatoms. The van der Waals surface area contributed by atoms with Crippen molar-refractivity contribution in [2.45, 2.75) is 57.2 Å². The van der Waals surface area contributed by atoms with Gasteiger partial charge in [-0.05, 0) is 59.2 Å². The first-order valence-corrected chi connectivity index (χ1v) is 17.7. The van der Waals surface area contributed by atoms with E-state index in [1.807, 2.05) is 97.1 Å².